The number of hydrogen-bond acceptors (Lipinski definition) is 6. The third-order valence-corrected chi connectivity index (χ3v) is 7.33. The minimum absolute atomic E-state index is 0.0371. The molecule has 3 aliphatic rings. The Hall–Kier alpha value is -1.60. The van der Waals surface area contributed by atoms with Crippen molar-refractivity contribution < 1.29 is 19.2 Å². The second-order valence-corrected chi connectivity index (χ2v) is 9.49. The summed E-state index contributed by atoms with van der Waals surface area (Å²) in [6.07, 6.45) is 6.40. The standard InChI is InChI=1S/C22H35N3O4/c1-15(2)20(21(27)24-10-4-6-16(24)3)18-12-19(23-29-18)28-13-17-7-9-22(14-26)8-5-11-25(17)22/h12,15-17,20,26H,4-11,13-14H2,1-3H3. The number of carbonyl (C=O) groups is 1. The summed E-state index contributed by atoms with van der Waals surface area (Å²) in [7, 11) is 0. The highest BCUT2D eigenvalue weighted by atomic mass is 16.5. The SMILES string of the molecule is CC(C)C(C(=O)N1CCCC1C)c1cc(OCC2CCC3(CO)CCCN23)no1. The molecule has 4 rings (SSSR count). The largest absolute Gasteiger partial charge is 0.474 e. The summed E-state index contributed by atoms with van der Waals surface area (Å²) in [6, 6.07) is 2.39. The molecule has 0 saturated carbocycles. The van der Waals surface area contributed by atoms with Crippen molar-refractivity contribution in [2.75, 3.05) is 26.3 Å². The zero-order valence-electron chi connectivity index (χ0n) is 18.0. The van der Waals surface area contributed by atoms with Crippen LogP contribution in [-0.2, 0) is 4.79 Å². The summed E-state index contributed by atoms with van der Waals surface area (Å²) >= 11 is 0. The van der Waals surface area contributed by atoms with Crippen LogP contribution in [0.25, 0.3) is 0 Å². The van der Waals surface area contributed by atoms with E-state index in [4.69, 9.17) is 9.26 Å². The average molecular weight is 406 g/mol. The molecule has 162 valence electrons. The van der Waals surface area contributed by atoms with E-state index in [0.717, 1.165) is 51.6 Å². The minimum Gasteiger partial charge on any atom is -0.474 e. The molecule has 7 heteroatoms. The first-order chi connectivity index (χ1) is 13.9. The van der Waals surface area contributed by atoms with Crippen molar-refractivity contribution >= 4 is 5.91 Å². The van der Waals surface area contributed by atoms with Crippen molar-refractivity contribution in [1.82, 2.24) is 15.0 Å². The van der Waals surface area contributed by atoms with Crippen LogP contribution in [0.15, 0.2) is 10.6 Å². The predicted octanol–water partition coefficient (Wildman–Crippen LogP) is 2.79. The quantitative estimate of drug-likeness (QED) is 0.751. The lowest BCUT2D eigenvalue weighted by Crippen LogP contribution is -2.46. The van der Waals surface area contributed by atoms with E-state index < -0.39 is 0 Å². The fourth-order valence-electron chi connectivity index (χ4n) is 5.65. The second-order valence-electron chi connectivity index (χ2n) is 9.49. The topological polar surface area (TPSA) is 79.0 Å². The molecule has 4 atom stereocenters. The molecule has 4 heterocycles. The van der Waals surface area contributed by atoms with Gasteiger partial charge in [0.1, 0.15) is 12.5 Å². The number of fused-ring (bicyclic) bond motifs is 1. The number of aromatic nitrogens is 1. The van der Waals surface area contributed by atoms with Crippen LogP contribution in [0.4, 0.5) is 0 Å². The maximum atomic E-state index is 13.1. The van der Waals surface area contributed by atoms with Crippen molar-refractivity contribution in [1.29, 1.82) is 0 Å². The van der Waals surface area contributed by atoms with Gasteiger partial charge in [0.15, 0.2) is 5.76 Å². The molecular formula is C22H35N3O4. The van der Waals surface area contributed by atoms with Gasteiger partial charge >= 0.3 is 0 Å². The van der Waals surface area contributed by atoms with Crippen LogP contribution in [-0.4, -0.2) is 69.9 Å². The van der Waals surface area contributed by atoms with Crippen molar-refractivity contribution in [2.24, 2.45) is 5.92 Å². The van der Waals surface area contributed by atoms with Crippen LogP contribution >= 0.6 is 0 Å². The Morgan fingerprint density at radius 2 is 2.17 bits per heavy atom. The Morgan fingerprint density at radius 1 is 1.34 bits per heavy atom. The molecule has 1 N–H and O–H groups in total. The summed E-state index contributed by atoms with van der Waals surface area (Å²) in [5.74, 6) is 0.978. The third-order valence-electron chi connectivity index (χ3n) is 7.33. The van der Waals surface area contributed by atoms with Crippen LogP contribution in [0.2, 0.25) is 0 Å². The van der Waals surface area contributed by atoms with Gasteiger partial charge in [-0.3, -0.25) is 9.69 Å². The van der Waals surface area contributed by atoms with Gasteiger partial charge < -0.3 is 19.3 Å². The Labute approximate surface area is 173 Å². The van der Waals surface area contributed by atoms with E-state index >= 15 is 0 Å². The van der Waals surface area contributed by atoms with E-state index in [0.29, 0.717) is 24.3 Å². The number of hydrogen-bond donors (Lipinski definition) is 1. The Morgan fingerprint density at radius 3 is 2.86 bits per heavy atom. The lowest BCUT2D eigenvalue weighted by molar-refractivity contribution is -0.134. The lowest BCUT2D eigenvalue weighted by Gasteiger charge is -2.33. The van der Waals surface area contributed by atoms with Crippen molar-refractivity contribution in [3.63, 3.8) is 0 Å². The highest BCUT2D eigenvalue weighted by molar-refractivity contribution is 5.84. The monoisotopic (exact) mass is 405 g/mol. The number of ether oxygens (including phenoxy) is 1. The molecule has 3 saturated heterocycles. The van der Waals surface area contributed by atoms with Gasteiger partial charge in [-0.2, -0.15) is 0 Å². The zero-order valence-corrected chi connectivity index (χ0v) is 18.0. The molecule has 0 radical (unpaired) electrons. The first-order valence-corrected chi connectivity index (χ1v) is 11.2. The molecule has 0 aromatic carbocycles. The van der Waals surface area contributed by atoms with Crippen molar-refractivity contribution in [3.05, 3.63) is 11.8 Å². The Bertz CT molecular complexity index is 721. The number of likely N-dealkylation sites (tertiary alicyclic amines) is 1. The van der Waals surface area contributed by atoms with E-state index in [1.165, 1.54) is 0 Å². The van der Waals surface area contributed by atoms with E-state index in [1.807, 2.05) is 18.7 Å². The van der Waals surface area contributed by atoms with Gasteiger partial charge in [0.05, 0.1) is 6.61 Å². The zero-order chi connectivity index (χ0) is 20.6. The van der Waals surface area contributed by atoms with Crippen molar-refractivity contribution in [3.8, 4) is 5.88 Å². The first-order valence-electron chi connectivity index (χ1n) is 11.2. The summed E-state index contributed by atoms with van der Waals surface area (Å²) in [5, 5.41) is 14.0. The molecule has 1 aromatic heterocycles. The Balaban J connectivity index is 1.40. The number of rotatable bonds is 7. The van der Waals surface area contributed by atoms with E-state index in [2.05, 4.69) is 17.0 Å². The van der Waals surface area contributed by atoms with E-state index in [1.54, 1.807) is 6.07 Å². The van der Waals surface area contributed by atoms with Gasteiger partial charge in [-0.1, -0.05) is 13.8 Å². The molecule has 3 fully saturated rings. The summed E-state index contributed by atoms with van der Waals surface area (Å²) in [6.45, 7) is 8.83. The molecule has 7 nitrogen and oxygen atoms in total. The van der Waals surface area contributed by atoms with Crippen molar-refractivity contribution in [2.45, 2.75) is 82.8 Å². The summed E-state index contributed by atoms with van der Waals surface area (Å²) in [5.41, 5.74) is -0.0371. The molecule has 0 spiro atoms. The predicted molar refractivity (Wildman–Crippen MR) is 109 cm³/mol. The molecule has 1 aromatic rings. The average Bonchev–Trinajstić information content (AvgIpc) is 3.44. The van der Waals surface area contributed by atoms with Crippen LogP contribution < -0.4 is 4.74 Å². The molecule has 29 heavy (non-hydrogen) atoms. The molecule has 0 bridgehead atoms. The number of carbonyl (C=O) groups excluding carboxylic acids is 1. The fraction of sp³-hybridized carbons (Fsp3) is 0.818. The van der Waals surface area contributed by atoms with Gasteiger partial charge in [0, 0.05) is 30.2 Å². The number of amides is 1. The maximum Gasteiger partial charge on any atom is 0.254 e. The first kappa shape index (κ1) is 20.7. The maximum absolute atomic E-state index is 13.1. The van der Waals surface area contributed by atoms with E-state index in [-0.39, 0.29) is 35.9 Å². The normalized spacial score (nSPS) is 30.9. The molecular weight excluding hydrogens is 370 g/mol. The summed E-state index contributed by atoms with van der Waals surface area (Å²) in [4.78, 5) is 17.5. The Kier molecular flexibility index (Phi) is 5.89. The fourth-order valence-corrected chi connectivity index (χ4v) is 5.65. The smallest absolute Gasteiger partial charge is 0.254 e. The highest BCUT2D eigenvalue weighted by Gasteiger charge is 2.48. The summed E-state index contributed by atoms with van der Waals surface area (Å²) < 4.78 is 11.5. The number of aliphatic hydroxyl groups excluding tert-OH is 1. The number of nitrogens with zero attached hydrogens (tertiary/aromatic N) is 3. The minimum atomic E-state index is -0.326. The molecule has 4 unspecified atom stereocenters. The second kappa shape index (κ2) is 8.26. The highest BCUT2D eigenvalue weighted by Crippen LogP contribution is 2.42. The van der Waals surface area contributed by atoms with Crippen LogP contribution in [0.3, 0.4) is 0 Å². The molecule has 1 amide bonds. The van der Waals surface area contributed by atoms with Gasteiger partial charge in [-0.15, -0.1) is 0 Å². The van der Waals surface area contributed by atoms with Crippen LogP contribution in [0, 0.1) is 5.92 Å². The van der Waals surface area contributed by atoms with Gasteiger partial charge in [-0.25, -0.2) is 0 Å². The third kappa shape index (κ3) is 3.79. The van der Waals surface area contributed by atoms with Gasteiger partial charge in [-0.05, 0) is 63.1 Å². The van der Waals surface area contributed by atoms with Crippen LogP contribution in [0.5, 0.6) is 5.88 Å². The van der Waals surface area contributed by atoms with E-state index in [9.17, 15) is 9.90 Å². The van der Waals surface area contributed by atoms with Crippen LogP contribution in [0.1, 0.15) is 71.0 Å². The van der Waals surface area contributed by atoms with Gasteiger partial charge in [0.25, 0.3) is 5.88 Å². The number of aliphatic hydroxyl groups is 1. The lowest BCUT2D eigenvalue weighted by atomic mass is 9.91. The molecule has 3 aliphatic heterocycles. The van der Waals surface area contributed by atoms with Gasteiger partial charge in [0.2, 0.25) is 5.91 Å². The molecule has 0 aliphatic carbocycles.